The van der Waals surface area contributed by atoms with Crippen molar-refractivity contribution in [2.75, 3.05) is 6.61 Å². The molecule has 4 heteroatoms. The topological polar surface area (TPSA) is 55.4 Å². The predicted molar refractivity (Wildman–Crippen MR) is 72.4 cm³/mol. The molecule has 0 spiro atoms. The lowest BCUT2D eigenvalue weighted by atomic mass is 9.65. The molecule has 0 aromatic rings. The molecule has 19 heavy (non-hydrogen) atoms. The first-order chi connectivity index (χ1) is 8.92. The van der Waals surface area contributed by atoms with Gasteiger partial charge in [-0.25, -0.2) is 4.79 Å². The summed E-state index contributed by atoms with van der Waals surface area (Å²) < 4.78 is 4.88. The minimum atomic E-state index is -0.417. The molecule has 2 aliphatic rings. The van der Waals surface area contributed by atoms with E-state index in [0.717, 1.165) is 19.3 Å². The van der Waals surface area contributed by atoms with Crippen molar-refractivity contribution < 1.29 is 14.3 Å². The molecule has 0 aromatic carbocycles. The lowest BCUT2D eigenvalue weighted by Crippen LogP contribution is -2.44. The summed E-state index contributed by atoms with van der Waals surface area (Å²) in [6.07, 6.45) is 4.77. The number of ether oxygens (including phenoxy) is 1. The molecule has 0 radical (unpaired) electrons. The third kappa shape index (κ3) is 3.10. The maximum absolute atomic E-state index is 12.3. The Bertz CT molecular complexity index is 366. The highest BCUT2D eigenvalue weighted by molar-refractivity contribution is 5.86. The molecule has 1 saturated carbocycles. The lowest BCUT2D eigenvalue weighted by molar-refractivity contribution is -0.142. The van der Waals surface area contributed by atoms with E-state index in [1.54, 1.807) is 0 Å². The van der Waals surface area contributed by atoms with Gasteiger partial charge in [-0.15, -0.1) is 0 Å². The van der Waals surface area contributed by atoms with Crippen LogP contribution in [0, 0.1) is 17.3 Å². The second-order valence-corrected chi connectivity index (χ2v) is 6.62. The average Bonchev–Trinajstić information content (AvgIpc) is 2.75. The van der Waals surface area contributed by atoms with Crippen LogP contribution < -0.4 is 5.32 Å². The Hall–Kier alpha value is -1.06. The van der Waals surface area contributed by atoms with Gasteiger partial charge in [-0.2, -0.15) is 0 Å². The van der Waals surface area contributed by atoms with Gasteiger partial charge in [0.1, 0.15) is 6.04 Å². The summed E-state index contributed by atoms with van der Waals surface area (Å²) in [4.78, 5) is 23.7. The molecule has 108 valence electrons. The highest BCUT2D eigenvalue weighted by Crippen LogP contribution is 2.44. The smallest absolute Gasteiger partial charge is 0.328 e. The number of carbonyl (C=O) groups is 2. The van der Waals surface area contributed by atoms with E-state index in [9.17, 15) is 9.59 Å². The second-order valence-electron chi connectivity index (χ2n) is 6.62. The van der Waals surface area contributed by atoms with E-state index in [2.05, 4.69) is 26.1 Å². The van der Waals surface area contributed by atoms with E-state index < -0.39 is 6.04 Å². The van der Waals surface area contributed by atoms with Crippen molar-refractivity contribution >= 4 is 11.9 Å². The monoisotopic (exact) mass is 267 g/mol. The molecule has 1 amide bonds. The molecule has 1 aliphatic heterocycles. The number of hydrogen-bond donors (Lipinski definition) is 1. The number of nitrogens with one attached hydrogen (secondary N) is 1. The second kappa shape index (κ2) is 5.51. The van der Waals surface area contributed by atoms with E-state index in [4.69, 9.17) is 4.74 Å². The molecule has 0 bridgehead atoms. The first-order valence-corrected chi connectivity index (χ1v) is 7.39. The van der Waals surface area contributed by atoms with Crippen LogP contribution in [-0.4, -0.2) is 24.5 Å². The molecular weight excluding hydrogens is 242 g/mol. The quantitative estimate of drug-likeness (QED) is 0.798. The summed E-state index contributed by atoms with van der Waals surface area (Å²) in [7, 11) is 0. The van der Waals surface area contributed by atoms with Crippen LogP contribution in [0.4, 0.5) is 0 Å². The maximum Gasteiger partial charge on any atom is 0.328 e. The van der Waals surface area contributed by atoms with Crippen LogP contribution in [-0.2, 0) is 14.3 Å². The van der Waals surface area contributed by atoms with Crippen molar-refractivity contribution in [3.05, 3.63) is 0 Å². The third-order valence-corrected chi connectivity index (χ3v) is 5.03. The van der Waals surface area contributed by atoms with Crippen LogP contribution in [0.5, 0.6) is 0 Å². The zero-order valence-electron chi connectivity index (χ0n) is 12.2. The van der Waals surface area contributed by atoms with Crippen LogP contribution >= 0.6 is 0 Å². The number of amides is 1. The van der Waals surface area contributed by atoms with E-state index in [1.165, 1.54) is 6.42 Å². The van der Waals surface area contributed by atoms with Gasteiger partial charge in [-0.3, -0.25) is 4.79 Å². The van der Waals surface area contributed by atoms with Gasteiger partial charge in [0.15, 0.2) is 0 Å². The van der Waals surface area contributed by atoms with E-state index in [-0.39, 0.29) is 23.2 Å². The van der Waals surface area contributed by atoms with Crippen molar-refractivity contribution in [1.29, 1.82) is 0 Å². The van der Waals surface area contributed by atoms with Crippen LogP contribution in [0.15, 0.2) is 0 Å². The van der Waals surface area contributed by atoms with E-state index in [1.807, 2.05) is 0 Å². The largest absolute Gasteiger partial charge is 0.464 e. The first kappa shape index (κ1) is 14.4. The molecule has 0 aromatic heterocycles. The fraction of sp³-hybridized carbons (Fsp3) is 0.867. The molecule has 0 unspecified atom stereocenters. The molecule has 1 aliphatic carbocycles. The zero-order chi connectivity index (χ0) is 14.0. The van der Waals surface area contributed by atoms with E-state index >= 15 is 0 Å². The molecule has 3 atom stereocenters. The number of carbonyl (C=O) groups excluding carboxylic acids is 2. The fourth-order valence-electron chi connectivity index (χ4n) is 3.18. The SMILES string of the molecule is CC(C)[C@]1(C)CCC[C@@H](C(=O)N[C@@H]2CCOC2=O)C1. The molecule has 1 N–H and O–H groups in total. The molecule has 1 heterocycles. The van der Waals surface area contributed by atoms with Crippen LogP contribution in [0.3, 0.4) is 0 Å². The van der Waals surface area contributed by atoms with Crippen molar-refractivity contribution in [3.63, 3.8) is 0 Å². The highest BCUT2D eigenvalue weighted by Gasteiger charge is 2.38. The van der Waals surface area contributed by atoms with Crippen LogP contribution in [0.2, 0.25) is 0 Å². The zero-order valence-corrected chi connectivity index (χ0v) is 12.2. The Morgan fingerprint density at radius 2 is 2.16 bits per heavy atom. The summed E-state index contributed by atoms with van der Waals surface area (Å²) >= 11 is 0. The summed E-state index contributed by atoms with van der Waals surface area (Å²) in [5, 5.41) is 2.86. The van der Waals surface area contributed by atoms with Gasteiger partial charge >= 0.3 is 5.97 Å². The van der Waals surface area contributed by atoms with Gasteiger partial charge in [-0.05, 0) is 30.6 Å². The average molecular weight is 267 g/mol. The number of esters is 1. The van der Waals surface area contributed by atoms with Crippen molar-refractivity contribution in [3.8, 4) is 0 Å². The minimum Gasteiger partial charge on any atom is -0.464 e. The van der Waals surface area contributed by atoms with Crippen molar-refractivity contribution in [2.24, 2.45) is 17.3 Å². The Morgan fingerprint density at radius 3 is 2.74 bits per heavy atom. The van der Waals surface area contributed by atoms with Crippen molar-refractivity contribution in [1.82, 2.24) is 5.32 Å². The summed E-state index contributed by atoms with van der Waals surface area (Å²) in [6.45, 7) is 7.17. The summed E-state index contributed by atoms with van der Waals surface area (Å²) in [5.41, 5.74) is 0.246. The van der Waals surface area contributed by atoms with Gasteiger partial charge < -0.3 is 10.1 Å². The molecule has 2 rings (SSSR count). The highest BCUT2D eigenvalue weighted by atomic mass is 16.5. The fourth-order valence-corrected chi connectivity index (χ4v) is 3.18. The number of rotatable bonds is 3. The Kier molecular flexibility index (Phi) is 4.16. The Labute approximate surface area is 115 Å². The van der Waals surface area contributed by atoms with Gasteiger partial charge in [0, 0.05) is 12.3 Å². The Morgan fingerprint density at radius 1 is 1.42 bits per heavy atom. The molecule has 2 fully saturated rings. The number of hydrogen-bond acceptors (Lipinski definition) is 3. The maximum atomic E-state index is 12.3. The van der Waals surface area contributed by atoms with Crippen LogP contribution in [0.25, 0.3) is 0 Å². The van der Waals surface area contributed by atoms with Gasteiger partial charge in [0.25, 0.3) is 0 Å². The van der Waals surface area contributed by atoms with Gasteiger partial charge in [-0.1, -0.05) is 27.2 Å². The van der Waals surface area contributed by atoms with Crippen LogP contribution in [0.1, 0.15) is 52.9 Å². The lowest BCUT2D eigenvalue weighted by Gasteiger charge is -2.41. The molecular formula is C15H25NO3. The summed E-state index contributed by atoms with van der Waals surface area (Å²) in [6, 6.07) is -0.417. The van der Waals surface area contributed by atoms with E-state index in [0.29, 0.717) is 18.9 Å². The van der Waals surface area contributed by atoms with Gasteiger partial charge in [0.2, 0.25) is 5.91 Å². The third-order valence-electron chi connectivity index (χ3n) is 5.03. The normalized spacial score (nSPS) is 35.3. The predicted octanol–water partition coefficient (Wildman–Crippen LogP) is 2.27. The Balaban J connectivity index is 1.93. The molecule has 1 saturated heterocycles. The summed E-state index contributed by atoms with van der Waals surface area (Å²) in [5.74, 6) is 0.389. The number of cyclic esters (lactones) is 1. The van der Waals surface area contributed by atoms with Gasteiger partial charge in [0.05, 0.1) is 6.61 Å². The minimum absolute atomic E-state index is 0.0374. The standard InChI is InChI=1S/C15H25NO3/c1-10(2)15(3)7-4-5-11(9-15)13(17)16-12-6-8-19-14(12)18/h10-12H,4-9H2,1-3H3,(H,16,17)/t11-,12-,15-/m1/s1. The van der Waals surface area contributed by atoms with Crippen molar-refractivity contribution in [2.45, 2.75) is 58.9 Å². The first-order valence-electron chi connectivity index (χ1n) is 7.39. The molecule has 4 nitrogen and oxygen atoms in total.